The molecule has 4 rings (SSSR count). The van der Waals surface area contributed by atoms with E-state index in [1.165, 1.54) is 10.4 Å². The third-order valence-corrected chi connectivity index (χ3v) is 6.31. The van der Waals surface area contributed by atoms with Gasteiger partial charge in [-0.3, -0.25) is 19.1 Å². The number of amides is 1. The van der Waals surface area contributed by atoms with Gasteiger partial charge in [-0.15, -0.1) is 11.3 Å². The molecular weight excluding hydrogens is 360 g/mol. The molecule has 1 amide bonds. The Morgan fingerprint density at radius 2 is 2.15 bits per heavy atom. The number of aryl methyl sites for hydroxylation is 1. The lowest BCUT2D eigenvalue weighted by Gasteiger charge is -2.18. The van der Waals surface area contributed by atoms with Crippen LogP contribution < -0.4 is 11.3 Å². The molecule has 0 radical (unpaired) electrons. The zero-order valence-electron chi connectivity index (χ0n) is 15.3. The molecule has 1 aliphatic rings. The molecule has 2 N–H and O–H groups in total. The normalized spacial score (nSPS) is 16.4. The highest BCUT2D eigenvalue weighted by molar-refractivity contribution is 7.18. The lowest BCUT2D eigenvalue weighted by Crippen LogP contribution is -2.25. The number of hydrogen-bond acceptors (Lipinski definition) is 5. The fraction of sp³-hybridized carbons (Fsp3) is 0.400. The molecule has 7 heteroatoms. The molecular formula is C20H22N4O2S. The number of pyridine rings is 1. The monoisotopic (exact) mass is 382 g/mol. The number of carbonyl (C=O) groups is 1. The average Bonchev–Trinajstić information content (AvgIpc) is 3.01. The minimum Gasteiger partial charge on any atom is -0.370 e. The van der Waals surface area contributed by atoms with Crippen LogP contribution in [0.1, 0.15) is 36.6 Å². The van der Waals surface area contributed by atoms with Gasteiger partial charge in [0.15, 0.2) is 0 Å². The molecule has 27 heavy (non-hydrogen) atoms. The van der Waals surface area contributed by atoms with Crippen molar-refractivity contribution in [1.82, 2.24) is 14.5 Å². The van der Waals surface area contributed by atoms with Gasteiger partial charge in [-0.2, -0.15) is 0 Å². The Balaban J connectivity index is 1.89. The minimum absolute atomic E-state index is 0.0108. The van der Waals surface area contributed by atoms with Gasteiger partial charge in [0.05, 0.1) is 5.39 Å². The van der Waals surface area contributed by atoms with Crippen LogP contribution in [-0.4, -0.2) is 20.4 Å². The van der Waals surface area contributed by atoms with Crippen molar-refractivity contribution in [1.29, 1.82) is 0 Å². The summed E-state index contributed by atoms with van der Waals surface area (Å²) >= 11 is 1.65. The highest BCUT2D eigenvalue weighted by atomic mass is 32.1. The lowest BCUT2D eigenvalue weighted by atomic mass is 9.89. The van der Waals surface area contributed by atoms with Gasteiger partial charge in [-0.25, -0.2) is 4.98 Å². The first-order valence-corrected chi connectivity index (χ1v) is 10.1. The maximum absolute atomic E-state index is 13.4. The molecule has 0 fully saturated rings. The van der Waals surface area contributed by atoms with Gasteiger partial charge in [0.2, 0.25) is 5.91 Å². The number of carbonyl (C=O) groups excluding carboxylic acids is 1. The second-order valence-electron chi connectivity index (χ2n) is 7.23. The topological polar surface area (TPSA) is 90.9 Å². The van der Waals surface area contributed by atoms with Crippen LogP contribution in [-0.2, 0) is 24.2 Å². The summed E-state index contributed by atoms with van der Waals surface area (Å²) in [4.78, 5) is 35.6. The van der Waals surface area contributed by atoms with E-state index in [1.54, 1.807) is 28.3 Å². The number of nitrogens with two attached hydrogens (primary N) is 1. The van der Waals surface area contributed by atoms with E-state index in [-0.39, 0.29) is 17.9 Å². The predicted octanol–water partition coefficient (Wildman–Crippen LogP) is 2.91. The molecule has 0 saturated carbocycles. The number of aromatic nitrogens is 3. The average molecular weight is 382 g/mol. The molecule has 6 nitrogen and oxygen atoms in total. The highest BCUT2D eigenvalue weighted by Crippen LogP contribution is 2.36. The zero-order valence-corrected chi connectivity index (χ0v) is 16.1. The van der Waals surface area contributed by atoms with E-state index < -0.39 is 0 Å². The van der Waals surface area contributed by atoms with Gasteiger partial charge in [0.1, 0.15) is 10.7 Å². The summed E-state index contributed by atoms with van der Waals surface area (Å²) in [6, 6.07) is 3.71. The third-order valence-electron chi connectivity index (χ3n) is 5.16. The SMILES string of the molecule is CC1CCc2c(sc3nc(-c4ccncc4)n(CCCC(N)=O)c(=O)c23)C1. The van der Waals surface area contributed by atoms with Crippen molar-refractivity contribution in [2.75, 3.05) is 0 Å². The fourth-order valence-corrected chi connectivity index (χ4v) is 5.14. The van der Waals surface area contributed by atoms with Crippen molar-refractivity contribution < 1.29 is 4.79 Å². The molecule has 0 aliphatic heterocycles. The smallest absolute Gasteiger partial charge is 0.262 e. The Hall–Kier alpha value is -2.54. The molecule has 0 saturated heterocycles. The minimum atomic E-state index is -0.357. The maximum Gasteiger partial charge on any atom is 0.262 e. The highest BCUT2D eigenvalue weighted by Gasteiger charge is 2.24. The zero-order chi connectivity index (χ0) is 19.0. The van der Waals surface area contributed by atoms with Crippen molar-refractivity contribution in [2.24, 2.45) is 11.7 Å². The first-order chi connectivity index (χ1) is 13.0. The van der Waals surface area contributed by atoms with Crippen LogP contribution in [0.4, 0.5) is 0 Å². The number of nitrogens with zero attached hydrogens (tertiary/aromatic N) is 3. The van der Waals surface area contributed by atoms with Gasteiger partial charge < -0.3 is 5.73 Å². The van der Waals surface area contributed by atoms with Crippen LogP contribution in [0.2, 0.25) is 0 Å². The standard InChI is InChI=1S/C20H22N4O2S/c1-12-4-5-14-15(11-12)27-19-17(14)20(26)24(10-2-3-16(21)25)18(23-19)13-6-8-22-9-7-13/h6-9,12H,2-5,10-11H2,1H3,(H2,21,25). The number of hydrogen-bond donors (Lipinski definition) is 1. The second kappa shape index (κ2) is 7.23. The first-order valence-electron chi connectivity index (χ1n) is 9.28. The number of fused-ring (bicyclic) bond motifs is 3. The van der Waals surface area contributed by atoms with Crippen molar-refractivity contribution in [2.45, 2.75) is 45.6 Å². The molecule has 1 atom stereocenters. The number of primary amides is 1. The van der Waals surface area contributed by atoms with Crippen LogP contribution in [0.25, 0.3) is 21.6 Å². The van der Waals surface area contributed by atoms with Gasteiger partial charge in [0.25, 0.3) is 5.56 Å². The maximum atomic E-state index is 13.4. The molecule has 1 aliphatic carbocycles. The molecule has 140 valence electrons. The first kappa shape index (κ1) is 17.9. The van der Waals surface area contributed by atoms with Crippen molar-refractivity contribution in [3.63, 3.8) is 0 Å². The summed E-state index contributed by atoms with van der Waals surface area (Å²) in [7, 11) is 0. The van der Waals surface area contributed by atoms with Gasteiger partial charge in [-0.05, 0) is 49.3 Å². The Kier molecular flexibility index (Phi) is 4.78. The van der Waals surface area contributed by atoms with Crippen molar-refractivity contribution in [3.05, 3.63) is 45.3 Å². The largest absolute Gasteiger partial charge is 0.370 e. The summed E-state index contributed by atoms with van der Waals surface area (Å²) in [5, 5.41) is 0.763. The van der Waals surface area contributed by atoms with Crippen LogP contribution in [0.15, 0.2) is 29.3 Å². The van der Waals surface area contributed by atoms with Gasteiger partial charge >= 0.3 is 0 Å². The van der Waals surface area contributed by atoms with Crippen LogP contribution in [0, 0.1) is 5.92 Å². The van der Waals surface area contributed by atoms with E-state index in [0.717, 1.165) is 35.0 Å². The second-order valence-corrected chi connectivity index (χ2v) is 8.31. The van der Waals surface area contributed by atoms with Gasteiger partial charge in [-0.1, -0.05) is 6.92 Å². The predicted molar refractivity (Wildman–Crippen MR) is 107 cm³/mol. The Labute approximate surface area is 161 Å². The summed E-state index contributed by atoms with van der Waals surface area (Å²) in [6.45, 7) is 2.68. The van der Waals surface area contributed by atoms with Crippen molar-refractivity contribution in [3.8, 4) is 11.4 Å². The number of thiophene rings is 1. The molecule has 0 bridgehead atoms. The fourth-order valence-electron chi connectivity index (χ4n) is 3.76. The summed E-state index contributed by atoms with van der Waals surface area (Å²) in [6.07, 6.45) is 7.21. The molecule has 0 spiro atoms. The summed E-state index contributed by atoms with van der Waals surface area (Å²) in [5.41, 5.74) is 7.29. The third kappa shape index (κ3) is 3.39. The quantitative estimate of drug-likeness (QED) is 0.734. The molecule has 3 heterocycles. The van der Waals surface area contributed by atoms with E-state index in [9.17, 15) is 9.59 Å². The Bertz CT molecular complexity index is 1060. The van der Waals surface area contributed by atoms with E-state index in [4.69, 9.17) is 10.7 Å². The molecule has 0 aromatic carbocycles. The van der Waals surface area contributed by atoms with Crippen molar-refractivity contribution >= 4 is 27.5 Å². The van der Waals surface area contributed by atoms with E-state index in [0.29, 0.717) is 24.7 Å². The molecule has 3 aromatic rings. The summed E-state index contributed by atoms with van der Waals surface area (Å²) < 4.78 is 1.70. The van der Waals surface area contributed by atoms with E-state index in [2.05, 4.69) is 11.9 Å². The van der Waals surface area contributed by atoms with E-state index in [1.807, 2.05) is 12.1 Å². The van der Waals surface area contributed by atoms with Crippen LogP contribution >= 0.6 is 11.3 Å². The molecule has 3 aromatic heterocycles. The van der Waals surface area contributed by atoms with Crippen LogP contribution in [0.5, 0.6) is 0 Å². The Morgan fingerprint density at radius 1 is 1.37 bits per heavy atom. The van der Waals surface area contributed by atoms with E-state index >= 15 is 0 Å². The van der Waals surface area contributed by atoms with Gasteiger partial charge in [0, 0.05) is 35.8 Å². The number of rotatable bonds is 5. The van der Waals surface area contributed by atoms with Crippen LogP contribution in [0.3, 0.4) is 0 Å². The lowest BCUT2D eigenvalue weighted by molar-refractivity contribution is -0.118. The molecule has 1 unspecified atom stereocenters. The summed E-state index contributed by atoms with van der Waals surface area (Å²) in [5.74, 6) is 0.915. The Morgan fingerprint density at radius 3 is 2.89 bits per heavy atom.